The van der Waals surface area contributed by atoms with E-state index < -0.39 is 11.7 Å². The van der Waals surface area contributed by atoms with Crippen LogP contribution in [-0.2, 0) is 0 Å². The zero-order valence-electron chi connectivity index (χ0n) is 20.5. The molecule has 3 heterocycles. The number of anilines is 1. The summed E-state index contributed by atoms with van der Waals surface area (Å²) in [6, 6.07) is 10.9. The van der Waals surface area contributed by atoms with Crippen molar-refractivity contribution in [3.63, 3.8) is 0 Å². The Kier molecular flexibility index (Phi) is 7.53. The van der Waals surface area contributed by atoms with Crippen LogP contribution in [-0.4, -0.2) is 53.7 Å². The first kappa shape index (κ1) is 24.8. The van der Waals surface area contributed by atoms with Crippen LogP contribution in [0, 0.1) is 5.82 Å². The van der Waals surface area contributed by atoms with E-state index in [2.05, 4.69) is 37.5 Å². The number of methoxy groups -OCH3 is 2. The number of nitrogens with one attached hydrogen (secondary N) is 2. The normalized spacial score (nSPS) is 11.7. The van der Waals surface area contributed by atoms with Crippen LogP contribution in [0.5, 0.6) is 11.6 Å². The smallest absolute Gasteiger partial charge is 0.257 e. The van der Waals surface area contributed by atoms with E-state index in [1.807, 2.05) is 18.2 Å². The van der Waals surface area contributed by atoms with Crippen LogP contribution in [0.2, 0.25) is 0 Å². The Morgan fingerprint density at radius 3 is 2.67 bits per heavy atom. The van der Waals surface area contributed by atoms with Gasteiger partial charge in [-0.1, -0.05) is 25.1 Å². The predicted octanol–water partition coefficient (Wildman–Crippen LogP) is 4.21. The number of nitrogens with zero attached hydrogens (tertiary/aromatic N) is 4. The first-order valence-electron chi connectivity index (χ1n) is 11.4. The molecule has 9 nitrogen and oxygen atoms in total. The summed E-state index contributed by atoms with van der Waals surface area (Å²) in [7, 11) is 4.57. The molecule has 0 fully saturated rings. The van der Waals surface area contributed by atoms with Crippen molar-refractivity contribution in [2.24, 2.45) is 0 Å². The number of fused-ring (bicyclic) bond motifs is 1. The summed E-state index contributed by atoms with van der Waals surface area (Å²) in [5.74, 6) is 0.539. The largest absolute Gasteiger partial charge is 0.491 e. The third-order valence-electron chi connectivity index (χ3n) is 5.92. The molecule has 186 valence electrons. The fraction of sp³-hybridized carbons (Fsp3) is 0.269. The second-order valence-corrected chi connectivity index (χ2v) is 8.12. The third-order valence-corrected chi connectivity index (χ3v) is 5.92. The highest BCUT2D eigenvalue weighted by Crippen LogP contribution is 2.30. The van der Waals surface area contributed by atoms with E-state index in [1.165, 1.54) is 20.5 Å². The molecule has 0 aliphatic rings. The Morgan fingerprint density at radius 2 is 1.92 bits per heavy atom. The van der Waals surface area contributed by atoms with Gasteiger partial charge < -0.3 is 20.1 Å². The molecular weight excluding hydrogens is 463 g/mol. The van der Waals surface area contributed by atoms with E-state index >= 15 is 0 Å². The number of benzene rings is 1. The molecule has 4 aromatic rings. The Balaban J connectivity index is 1.49. The number of hydrogen-bond acceptors (Lipinski definition) is 8. The number of para-hydroxylation sites is 1. The van der Waals surface area contributed by atoms with Crippen LogP contribution < -0.4 is 20.1 Å². The first-order chi connectivity index (χ1) is 17.5. The summed E-state index contributed by atoms with van der Waals surface area (Å²) in [4.78, 5) is 29.6. The van der Waals surface area contributed by atoms with Crippen LogP contribution in [0.15, 0.2) is 48.9 Å². The van der Waals surface area contributed by atoms with Crippen molar-refractivity contribution < 1.29 is 18.7 Å². The average molecular weight is 491 g/mol. The number of carbonyl (C=O) groups is 1. The molecule has 0 bridgehead atoms. The average Bonchev–Trinajstić information content (AvgIpc) is 2.91. The second-order valence-electron chi connectivity index (χ2n) is 8.12. The van der Waals surface area contributed by atoms with Crippen molar-refractivity contribution in [2.45, 2.75) is 19.3 Å². The monoisotopic (exact) mass is 490 g/mol. The minimum absolute atomic E-state index is 0.00645. The van der Waals surface area contributed by atoms with Gasteiger partial charge in [0.15, 0.2) is 11.6 Å². The fourth-order valence-corrected chi connectivity index (χ4v) is 4.01. The lowest BCUT2D eigenvalue weighted by atomic mass is 9.93. The number of amides is 1. The standard InChI is InChI=1S/C26H27FN6O3/c1-15(16-6-5-7-17-23(25(34)28-2)18(27)13-30-24(16)17)10-11-29-22-12-20(31-14-32-22)19-8-9-21(35-3)26(33-19)36-4/h5-9,12-15H,10-11H2,1-4H3,(H,28,34)(H,29,31,32). The van der Waals surface area contributed by atoms with Crippen LogP contribution in [0.25, 0.3) is 22.3 Å². The maximum absolute atomic E-state index is 14.4. The molecule has 0 radical (unpaired) electrons. The first-order valence-corrected chi connectivity index (χ1v) is 11.4. The molecule has 0 spiro atoms. The molecule has 2 N–H and O–H groups in total. The van der Waals surface area contributed by atoms with Gasteiger partial charge in [-0.3, -0.25) is 9.78 Å². The number of halogens is 1. The molecule has 10 heteroatoms. The minimum atomic E-state index is -0.642. The van der Waals surface area contributed by atoms with Crippen molar-refractivity contribution in [2.75, 3.05) is 33.1 Å². The molecule has 0 aliphatic heterocycles. The zero-order valence-corrected chi connectivity index (χ0v) is 20.5. The topological polar surface area (TPSA) is 111 Å². The van der Waals surface area contributed by atoms with Gasteiger partial charge >= 0.3 is 0 Å². The molecule has 0 saturated heterocycles. The summed E-state index contributed by atoms with van der Waals surface area (Å²) < 4.78 is 24.9. The summed E-state index contributed by atoms with van der Waals surface area (Å²) in [5, 5.41) is 6.32. The van der Waals surface area contributed by atoms with Crippen molar-refractivity contribution in [1.29, 1.82) is 0 Å². The number of hydrogen-bond donors (Lipinski definition) is 2. The maximum atomic E-state index is 14.4. The zero-order chi connectivity index (χ0) is 25.7. The molecule has 1 unspecified atom stereocenters. The molecule has 1 atom stereocenters. The number of ether oxygens (including phenoxy) is 2. The SMILES string of the molecule is CNC(=O)c1c(F)cnc2c(C(C)CCNc3cc(-c4ccc(OC)c(OC)n4)ncn3)cccc12. The van der Waals surface area contributed by atoms with Gasteiger partial charge in [-0.05, 0) is 30.0 Å². The molecule has 36 heavy (non-hydrogen) atoms. The van der Waals surface area contributed by atoms with Crippen LogP contribution >= 0.6 is 0 Å². The highest BCUT2D eigenvalue weighted by atomic mass is 19.1. The van der Waals surface area contributed by atoms with Gasteiger partial charge in [0.05, 0.1) is 42.9 Å². The minimum Gasteiger partial charge on any atom is -0.491 e. The summed E-state index contributed by atoms with van der Waals surface area (Å²) >= 11 is 0. The Morgan fingerprint density at radius 1 is 1.08 bits per heavy atom. The van der Waals surface area contributed by atoms with E-state index in [4.69, 9.17) is 9.47 Å². The van der Waals surface area contributed by atoms with Gasteiger partial charge in [0, 0.05) is 25.0 Å². The lowest BCUT2D eigenvalue weighted by molar-refractivity contribution is 0.0960. The highest BCUT2D eigenvalue weighted by molar-refractivity contribution is 6.06. The summed E-state index contributed by atoms with van der Waals surface area (Å²) in [6.07, 6.45) is 3.33. The van der Waals surface area contributed by atoms with Crippen molar-refractivity contribution in [3.05, 3.63) is 65.9 Å². The quantitative estimate of drug-likeness (QED) is 0.359. The highest BCUT2D eigenvalue weighted by Gasteiger charge is 2.19. The second kappa shape index (κ2) is 10.9. The summed E-state index contributed by atoms with van der Waals surface area (Å²) in [5.41, 5.74) is 2.84. The molecule has 1 aromatic carbocycles. The Hall–Kier alpha value is -4.34. The van der Waals surface area contributed by atoms with Gasteiger partial charge in [0.2, 0.25) is 0 Å². The Labute approximate surface area is 208 Å². The maximum Gasteiger partial charge on any atom is 0.257 e. The summed E-state index contributed by atoms with van der Waals surface area (Å²) in [6.45, 7) is 2.69. The Bertz CT molecular complexity index is 1400. The van der Waals surface area contributed by atoms with Gasteiger partial charge in [0.25, 0.3) is 11.8 Å². The number of carbonyl (C=O) groups excluding carboxylic acids is 1. The molecule has 1 amide bonds. The number of aromatic nitrogens is 4. The molecule has 4 rings (SSSR count). The molecule has 0 saturated carbocycles. The number of pyridine rings is 2. The van der Waals surface area contributed by atoms with Gasteiger partial charge in [-0.2, -0.15) is 0 Å². The third kappa shape index (κ3) is 5.02. The van der Waals surface area contributed by atoms with Crippen LogP contribution in [0.4, 0.5) is 10.2 Å². The van der Waals surface area contributed by atoms with Gasteiger partial charge in [-0.15, -0.1) is 0 Å². The van der Waals surface area contributed by atoms with E-state index in [0.717, 1.165) is 18.2 Å². The van der Waals surface area contributed by atoms with E-state index in [-0.39, 0.29) is 11.5 Å². The van der Waals surface area contributed by atoms with Crippen LogP contribution in [0.1, 0.15) is 35.2 Å². The van der Waals surface area contributed by atoms with E-state index in [9.17, 15) is 9.18 Å². The van der Waals surface area contributed by atoms with Gasteiger partial charge in [-0.25, -0.2) is 19.3 Å². The van der Waals surface area contributed by atoms with Crippen molar-refractivity contribution in [1.82, 2.24) is 25.3 Å². The van der Waals surface area contributed by atoms with Gasteiger partial charge in [0.1, 0.15) is 12.1 Å². The molecular formula is C26H27FN6O3. The van der Waals surface area contributed by atoms with E-state index in [1.54, 1.807) is 25.3 Å². The number of rotatable bonds is 9. The fourth-order valence-electron chi connectivity index (χ4n) is 4.01. The lowest BCUT2D eigenvalue weighted by Crippen LogP contribution is -2.20. The molecule has 0 aliphatic carbocycles. The predicted molar refractivity (Wildman–Crippen MR) is 135 cm³/mol. The van der Waals surface area contributed by atoms with Crippen molar-refractivity contribution >= 4 is 22.6 Å². The van der Waals surface area contributed by atoms with E-state index in [0.29, 0.717) is 46.3 Å². The van der Waals surface area contributed by atoms with Crippen LogP contribution in [0.3, 0.4) is 0 Å². The lowest BCUT2D eigenvalue weighted by Gasteiger charge is -2.16. The van der Waals surface area contributed by atoms with Crippen molar-refractivity contribution in [3.8, 4) is 23.0 Å². The molecule has 3 aromatic heterocycles.